The van der Waals surface area contributed by atoms with Crippen molar-refractivity contribution in [2.24, 2.45) is 22.4 Å². The minimum Gasteiger partial charge on any atom is -0.402 e. The summed E-state index contributed by atoms with van der Waals surface area (Å²) in [6.45, 7) is 5.57. The van der Waals surface area contributed by atoms with E-state index < -0.39 is 0 Å². The van der Waals surface area contributed by atoms with Crippen molar-refractivity contribution in [1.29, 1.82) is 0 Å². The van der Waals surface area contributed by atoms with Crippen LogP contribution in [0, 0.1) is 5.92 Å². The number of nitrogens with one attached hydrogen (secondary N) is 2. The molecule has 1 aromatic heterocycles. The van der Waals surface area contributed by atoms with E-state index in [0.717, 1.165) is 55.4 Å². The molecule has 2 aromatic rings. The number of allylic oxidation sites excluding steroid dienone is 1. The quantitative estimate of drug-likeness (QED) is 0.323. The number of rotatable bonds is 7. The van der Waals surface area contributed by atoms with E-state index in [1.807, 2.05) is 30.3 Å². The van der Waals surface area contributed by atoms with Gasteiger partial charge in [0, 0.05) is 35.3 Å². The van der Waals surface area contributed by atoms with E-state index >= 15 is 0 Å². The number of nitrogens with two attached hydrogens (primary N) is 2. The Morgan fingerprint density at radius 2 is 1.91 bits per heavy atom. The van der Waals surface area contributed by atoms with E-state index in [2.05, 4.69) is 37.1 Å². The lowest BCUT2D eigenvalue weighted by atomic mass is 10.3. The summed E-state index contributed by atoms with van der Waals surface area (Å²) in [6, 6.07) is 9.70. The molecule has 6 N–H and O–H groups in total. The Kier molecular flexibility index (Phi) is 7.14. The van der Waals surface area contributed by atoms with Gasteiger partial charge in [-0.25, -0.2) is 4.98 Å². The van der Waals surface area contributed by atoms with Crippen LogP contribution in [0.25, 0.3) is 0 Å². The Morgan fingerprint density at radius 1 is 1.21 bits per heavy atom. The number of piperazine rings is 1. The molecule has 1 amide bonds. The van der Waals surface area contributed by atoms with E-state index in [1.165, 1.54) is 11.8 Å². The molecule has 2 fully saturated rings. The molecule has 4 rings (SSSR count). The van der Waals surface area contributed by atoms with Crippen LogP contribution in [-0.4, -0.2) is 54.9 Å². The van der Waals surface area contributed by atoms with E-state index in [4.69, 9.17) is 11.5 Å². The highest BCUT2D eigenvalue weighted by Crippen LogP contribution is 2.31. The molecule has 0 atom stereocenters. The van der Waals surface area contributed by atoms with Crippen LogP contribution in [0.2, 0.25) is 0 Å². The SMILES string of the molecule is C/C(N)=C/C(N)=Nc1cc(N2CCN(C)CC2)[nH+]c(Sc2ccc(NC(=O)C3CC3)cc2)n1. The molecule has 0 unspecified atom stereocenters. The molecule has 0 bridgehead atoms. The number of carbonyl (C=O) groups excluding carboxylic acids is 1. The van der Waals surface area contributed by atoms with Gasteiger partial charge in [-0.1, -0.05) is 4.98 Å². The van der Waals surface area contributed by atoms with Gasteiger partial charge in [-0.3, -0.25) is 9.69 Å². The molecule has 1 saturated heterocycles. The number of carbonyl (C=O) groups is 1. The van der Waals surface area contributed by atoms with E-state index in [0.29, 0.717) is 22.5 Å². The predicted octanol–water partition coefficient (Wildman–Crippen LogP) is 2.00. The van der Waals surface area contributed by atoms with Gasteiger partial charge in [0.2, 0.25) is 17.5 Å². The average Bonchev–Trinajstić information content (AvgIpc) is 3.60. The van der Waals surface area contributed by atoms with Gasteiger partial charge in [0.25, 0.3) is 0 Å². The maximum atomic E-state index is 12.0. The lowest BCUT2D eigenvalue weighted by molar-refractivity contribution is -0.420. The third kappa shape index (κ3) is 6.69. The number of benzene rings is 1. The first-order valence-electron chi connectivity index (χ1n) is 11.1. The van der Waals surface area contributed by atoms with Crippen LogP contribution in [0.4, 0.5) is 17.3 Å². The highest BCUT2D eigenvalue weighted by molar-refractivity contribution is 7.99. The smallest absolute Gasteiger partial charge is 0.303 e. The average molecular weight is 468 g/mol. The topological polar surface area (TPSA) is 127 Å². The zero-order chi connectivity index (χ0) is 23.4. The van der Waals surface area contributed by atoms with Crippen LogP contribution >= 0.6 is 11.8 Å². The standard InChI is InChI=1S/C23H30N8OS/c1-15(24)13-19(25)27-20-14-21(31-11-9-30(2)10-12-31)29-23(28-20)33-18-7-5-17(6-8-18)26-22(32)16-3-4-16/h5-8,13-14,16H,3-4,9-12,24H2,1-2H3,(H,26,32)(H2,25,27,28,29)/p+1/b15-13-. The first-order chi connectivity index (χ1) is 15.9. The molecule has 1 aliphatic carbocycles. The van der Waals surface area contributed by atoms with Crippen LogP contribution in [0.15, 0.2) is 57.1 Å². The van der Waals surface area contributed by atoms with Gasteiger partial charge in [0.1, 0.15) is 5.84 Å². The van der Waals surface area contributed by atoms with Gasteiger partial charge in [-0.15, -0.1) is 0 Å². The Labute approximate surface area is 198 Å². The van der Waals surface area contributed by atoms with E-state index in [1.54, 1.807) is 13.0 Å². The molecule has 1 aromatic carbocycles. The molecule has 0 spiro atoms. The molecule has 0 radical (unpaired) electrons. The largest absolute Gasteiger partial charge is 0.402 e. The maximum Gasteiger partial charge on any atom is 0.303 e. The van der Waals surface area contributed by atoms with Crippen LogP contribution in [-0.2, 0) is 4.79 Å². The number of aliphatic imine (C=N–C) groups is 1. The lowest BCUT2D eigenvalue weighted by Gasteiger charge is -2.29. The van der Waals surface area contributed by atoms with Crippen LogP contribution in [0.1, 0.15) is 19.8 Å². The van der Waals surface area contributed by atoms with Crippen molar-refractivity contribution in [3.8, 4) is 0 Å². The molecular formula is C23H31N8OS+. The second-order valence-electron chi connectivity index (χ2n) is 8.54. The van der Waals surface area contributed by atoms with Crippen LogP contribution in [0.3, 0.4) is 0 Å². The number of hydrogen-bond acceptors (Lipinski definition) is 7. The summed E-state index contributed by atoms with van der Waals surface area (Å²) in [6.07, 6.45) is 3.59. The number of amidine groups is 1. The third-order valence-corrected chi connectivity index (χ3v) is 6.36. The van der Waals surface area contributed by atoms with Crippen molar-refractivity contribution in [3.05, 3.63) is 42.1 Å². The van der Waals surface area contributed by atoms with Crippen molar-refractivity contribution in [1.82, 2.24) is 9.88 Å². The number of amides is 1. The summed E-state index contributed by atoms with van der Waals surface area (Å²) in [5.41, 5.74) is 13.1. The minimum atomic E-state index is 0.104. The van der Waals surface area contributed by atoms with E-state index in [9.17, 15) is 4.79 Å². The normalized spacial score (nSPS) is 17.8. The van der Waals surface area contributed by atoms with Gasteiger partial charge in [0.05, 0.1) is 19.2 Å². The summed E-state index contributed by atoms with van der Waals surface area (Å²) in [5, 5.41) is 3.68. The second kappa shape index (κ2) is 10.2. The predicted molar refractivity (Wildman–Crippen MR) is 132 cm³/mol. The van der Waals surface area contributed by atoms with Crippen molar-refractivity contribution in [2.75, 3.05) is 43.4 Å². The summed E-state index contributed by atoms with van der Waals surface area (Å²) >= 11 is 1.50. The fourth-order valence-electron chi connectivity index (χ4n) is 3.46. The molecule has 1 saturated carbocycles. The fraction of sp³-hybridized carbons (Fsp3) is 0.391. The number of anilines is 2. The number of nitrogens with zero attached hydrogens (tertiary/aromatic N) is 4. The van der Waals surface area contributed by atoms with Crippen molar-refractivity contribution in [3.63, 3.8) is 0 Å². The van der Waals surface area contributed by atoms with Gasteiger partial charge in [-0.05, 0) is 68.9 Å². The maximum absolute atomic E-state index is 12.0. The summed E-state index contributed by atoms with van der Waals surface area (Å²) in [4.78, 5) is 30.1. The summed E-state index contributed by atoms with van der Waals surface area (Å²) in [5.74, 6) is 2.07. The molecule has 1 aliphatic heterocycles. The van der Waals surface area contributed by atoms with E-state index in [-0.39, 0.29) is 11.8 Å². The Balaban J connectivity index is 1.55. The van der Waals surface area contributed by atoms with Crippen molar-refractivity contribution in [2.45, 2.75) is 29.8 Å². The first kappa shape index (κ1) is 23.1. The Hall–Kier alpha value is -3.11. The molecular weight excluding hydrogens is 436 g/mol. The monoisotopic (exact) mass is 467 g/mol. The van der Waals surface area contributed by atoms with Crippen LogP contribution in [0.5, 0.6) is 0 Å². The summed E-state index contributed by atoms with van der Waals surface area (Å²) < 4.78 is 0. The highest BCUT2D eigenvalue weighted by atomic mass is 32.2. The number of aromatic amines is 1. The zero-order valence-electron chi connectivity index (χ0n) is 19.0. The van der Waals surface area contributed by atoms with Crippen LogP contribution < -0.4 is 26.7 Å². The minimum absolute atomic E-state index is 0.104. The number of hydrogen-bond donors (Lipinski definition) is 3. The molecule has 9 nitrogen and oxygen atoms in total. The fourth-order valence-corrected chi connectivity index (χ4v) is 4.25. The molecule has 174 valence electrons. The van der Waals surface area contributed by atoms with Gasteiger partial charge >= 0.3 is 5.16 Å². The van der Waals surface area contributed by atoms with Crippen molar-refractivity contribution < 1.29 is 9.78 Å². The van der Waals surface area contributed by atoms with Crippen molar-refractivity contribution >= 4 is 40.8 Å². The molecule has 2 heterocycles. The van der Waals surface area contributed by atoms with Gasteiger partial charge in [0.15, 0.2) is 0 Å². The second-order valence-corrected chi connectivity index (χ2v) is 9.60. The number of likely N-dealkylation sites (N-methyl/N-ethyl adjacent to an activating group) is 1. The molecule has 33 heavy (non-hydrogen) atoms. The van der Waals surface area contributed by atoms with Gasteiger partial charge in [-0.2, -0.15) is 4.99 Å². The number of aromatic nitrogens is 2. The first-order valence-corrected chi connectivity index (χ1v) is 11.9. The Morgan fingerprint density at radius 3 is 2.55 bits per heavy atom. The van der Waals surface area contributed by atoms with Gasteiger partial charge < -0.3 is 21.7 Å². The third-order valence-electron chi connectivity index (χ3n) is 5.46. The summed E-state index contributed by atoms with van der Waals surface area (Å²) in [7, 11) is 2.13. The Bertz CT molecular complexity index is 1050. The zero-order valence-corrected chi connectivity index (χ0v) is 19.9. The lowest BCUT2D eigenvalue weighted by Crippen LogP contribution is -2.46. The molecule has 10 heteroatoms. The highest BCUT2D eigenvalue weighted by Gasteiger charge is 2.29. The molecule has 2 aliphatic rings. The number of H-pyrrole nitrogens is 1.